The third-order valence-electron chi connectivity index (χ3n) is 4.73. The van der Waals surface area contributed by atoms with Gasteiger partial charge in [0.1, 0.15) is 23.5 Å². The van der Waals surface area contributed by atoms with Crippen molar-refractivity contribution >= 4 is 28.8 Å². The van der Waals surface area contributed by atoms with Gasteiger partial charge in [-0.15, -0.1) is 0 Å². The van der Waals surface area contributed by atoms with Crippen LogP contribution in [0.3, 0.4) is 0 Å². The molecule has 3 N–H and O–H groups in total. The molecule has 0 saturated carbocycles. The highest BCUT2D eigenvalue weighted by atomic mass is 19.1. The zero-order chi connectivity index (χ0) is 20.1. The summed E-state index contributed by atoms with van der Waals surface area (Å²) in [6, 6.07) is 4.62. The first kappa shape index (κ1) is 19.9. The van der Waals surface area contributed by atoms with E-state index in [1.807, 2.05) is 0 Å². The van der Waals surface area contributed by atoms with Crippen molar-refractivity contribution in [1.82, 2.24) is 20.6 Å². The Labute approximate surface area is 163 Å². The van der Waals surface area contributed by atoms with Crippen molar-refractivity contribution in [2.24, 2.45) is 4.99 Å². The molecule has 8 heteroatoms. The molecule has 1 saturated heterocycles. The second kappa shape index (κ2) is 8.88. The van der Waals surface area contributed by atoms with Crippen LogP contribution in [0.4, 0.5) is 21.6 Å². The minimum absolute atomic E-state index is 0.159. The van der Waals surface area contributed by atoms with Gasteiger partial charge >= 0.3 is 0 Å². The molecule has 1 aliphatic heterocycles. The molecule has 0 radical (unpaired) electrons. The fourth-order valence-electron chi connectivity index (χ4n) is 3.06. The Balaban J connectivity index is 1.82. The molecular weight excluding hydrogens is 359 g/mol. The molecule has 0 atom stereocenters. The van der Waals surface area contributed by atoms with Gasteiger partial charge in [-0.1, -0.05) is 0 Å². The first-order valence-electron chi connectivity index (χ1n) is 9.35. The molecule has 0 aliphatic carbocycles. The molecule has 0 spiro atoms. The number of rotatable bonds is 5. The van der Waals surface area contributed by atoms with Crippen LogP contribution in [0, 0.1) is 19.7 Å². The lowest BCUT2D eigenvalue weighted by atomic mass is 10.1. The highest BCUT2D eigenvalue weighted by Crippen LogP contribution is 2.29. The predicted molar refractivity (Wildman–Crippen MR) is 108 cm³/mol. The molecule has 7 nitrogen and oxygen atoms in total. The summed E-state index contributed by atoms with van der Waals surface area (Å²) in [5.74, 6) is -0.0270. The lowest BCUT2D eigenvalue weighted by molar-refractivity contribution is -0.115. The molecule has 2 aromatic rings. The van der Waals surface area contributed by atoms with E-state index in [1.165, 1.54) is 18.5 Å². The number of nitrogens with one attached hydrogen (secondary N) is 3. The number of nitrogens with zero attached hydrogens (tertiary/aromatic N) is 3. The monoisotopic (exact) mass is 384 g/mol. The highest BCUT2D eigenvalue weighted by molar-refractivity contribution is 6.38. The zero-order valence-corrected chi connectivity index (χ0v) is 16.3. The number of amides is 1. The number of piperidine rings is 1. The van der Waals surface area contributed by atoms with Crippen LogP contribution in [0.1, 0.15) is 31.0 Å². The number of aliphatic imine (C=N–C) groups is 1. The van der Waals surface area contributed by atoms with E-state index < -0.39 is 0 Å². The summed E-state index contributed by atoms with van der Waals surface area (Å²) in [7, 11) is 0. The third-order valence-corrected chi connectivity index (χ3v) is 4.73. The van der Waals surface area contributed by atoms with Crippen molar-refractivity contribution in [3.05, 3.63) is 41.6 Å². The minimum Gasteiger partial charge on any atom is -0.348 e. The van der Waals surface area contributed by atoms with Crippen LogP contribution < -0.4 is 16.0 Å². The van der Waals surface area contributed by atoms with E-state index in [-0.39, 0.29) is 17.8 Å². The van der Waals surface area contributed by atoms with E-state index >= 15 is 0 Å². The van der Waals surface area contributed by atoms with E-state index in [0.29, 0.717) is 28.6 Å². The van der Waals surface area contributed by atoms with Crippen molar-refractivity contribution in [2.75, 3.05) is 18.4 Å². The molecule has 1 fully saturated rings. The number of carbonyl (C=O) groups is 1. The van der Waals surface area contributed by atoms with E-state index in [4.69, 9.17) is 0 Å². The van der Waals surface area contributed by atoms with Gasteiger partial charge < -0.3 is 16.0 Å². The van der Waals surface area contributed by atoms with Crippen LogP contribution in [0.2, 0.25) is 0 Å². The van der Waals surface area contributed by atoms with Gasteiger partial charge in [0.2, 0.25) is 0 Å². The largest absolute Gasteiger partial charge is 0.348 e. The Morgan fingerprint density at radius 1 is 1.25 bits per heavy atom. The second-order valence-electron chi connectivity index (χ2n) is 6.94. The maximum absolute atomic E-state index is 13.4. The molecule has 0 unspecified atom stereocenters. The number of aryl methyl sites for hydroxylation is 2. The molecule has 148 valence electrons. The molecule has 28 heavy (non-hydrogen) atoms. The Bertz CT molecular complexity index is 892. The van der Waals surface area contributed by atoms with Gasteiger partial charge in [-0.2, -0.15) is 0 Å². The average Bonchev–Trinajstić information content (AvgIpc) is 2.67. The van der Waals surface area contributed by atoms with E-state index in [9.17, 15) is 9.18 Å². The summed E-state index contributed by atoms with van der Waals surface area (Å²) in [4.78, 5) is 25.5. The molecule has 2 heterocycles. The smallest absolute Gasteiger partial charge is 0.265 e. The summed E-state index contributed by atoms with van der Waals surface area (Å²) in [6.07, 6.45) is 3.24. The Kier molecular flexibility index (Phi) is 6.30. The first-order chi connectivity index (χ1) is 13.4. The summed E-state index contributed by atoms with van der Waals surface area (Å²) in [5.41, 5.74) is 2.94. The number of hydrogen-bond donors (Lipinski definition) is 3. The number of hydrogen-bond acceptors (Lipinski definition) is 6. The molecule has 1 aromatic heterocycles. The summed E-state index contributed by atoms with van der Waals surface area (Å²) >= 11 is 0. The average molecular weight is 384 g/mol. The van der Waals surface area contributed by atoms with Crippen molar-refractivity contribution in [3.63, 3.8) is 0 Å². The van der Waals surface area contributed by atoms with Gasteiger partial charge in [0.05, 0.1) is 5.69 Å². The maximum Gasteiger partial charge on any atom is 0.265 e. The topological polar surface area (TPSA) is 91.3 Å². The number of carbonyl (C=O) groups excluding carboxylic acids is 1. The lowest BCUT2D eigenvalue weighted by Gasteiger charge is -2.23. The molecule has 1 aromatic carbocycles. The molecular formula is C20H25FN6O. The van der Waals surface area contributed by atoms with Crippen LogP contribution in [0.5, 0.6) is 0 Å². The molecule has 1 amide bonds. The summed E-state index contributed by atoms with van der Waals surface area (Å²) in [5, 5.41) is 9.47. The molecule has 0 bridgehead atoms. The Hall–Kier alpha value is -2.87. The fraction of sp³-hybridized carbons (Fsp3) is 0.400. The quantitative estimate of drug-likeness (QED) is 0.690. The van der Waals surface area contributed by atoms with Crippen molar-refractivity contribution in [3.8, 4) is 0 Å². The zero-order valence-electron chi connectivity index (χ0n) is 16.3. The van der Waals surface area contributed by atoms with Crippen LogP contribution in [-0.4, -0.2) is 40.7 Å². The molecule has 3 rings (SSSR count). The summed E-state index contributed by atoms with van der Waals surface area (Å²) in [6.45, 7) is 7.09. The van der Waals surface area contributed by atoms with Gasteiger partial charge in [-0.25, -0.2) is 19.4 Å². The second-order valence-corrected chi connectivity index (χ2v) is 6.94. The lowest BCUT2D eigenvalue weighted by Crippen LogP contribution is -2.44. The minimum atomic E-state index is -0.300. The van der Waals surface area contributed by atoms with Crippen LogP contribution >= 0.6 is 0 Å². The Morgan fingerprint density at radius 3 is 2.71 bits per heavy atom. The number of anilines is 2. The molecule has 1 aliphatic rings. The van der Waals surface area contributed by atoms with E-state index in [0.717, 1.165) is 31.5 Å². The standard InChI is InChI=1S/C20H25FN6O/c1-12-10-15(21)4-5-17(12)27-19-18(13(2)23-11-24-19)25-14(3)20(28)26-16-6-8-22-9-7-16/h4-5,10-11,16,22H,6-9H2,1-3H3,(H,26,28)(H,23,24,27)/b25-14+. The van der Waals surface area contributed by atoms with E-state index in [1.54, 1.807) is 26.8 Å². The Morgan fingerprint density at radius 2 is 2.00 bits per heavy atom. The van der Waals surface area contributed by atoms with Crippen molar-refractivity contribution in [1.29, 1.82) is 0 Å². The van der Waals surface area contributed by atoms with Crippen LogP contribution in [0.25, 0.3) is 0 Å². The van der Waals surface area contributed by atoms with Crippen LogP contribution in [0.15, 0.2) is 29.5 Å². The van der Waals surface area contributed by atoms with Gasteiger partial charge in [-0.05, 0) is 70.5 Å². The van der Waals surface area contributed by atoms with Crippen LogP contribution in [-0.2, 0) is 4.79 Å². The first-order valence-corrected chi connectivity index (χ1v) is 9.35. The van der Waals surface area contributed by atoms with Gasteiger partial charge in [0.15, 0.2) is 5.82 Å². The van der Waals surface area contributed by atoms with Gasteiger partial charge in [0, 0.05) is 11.7 Å². The van der Waals surface area contributed by atoms with Crippen molar-refractivity contribution < 1.29 is 9.18 Å². The predicted octanol–water partition coefficient (Wildman–Crippen LogP) is 2.94. The number of benzene rings is 1. The van der Waals surface area contributed by atoms with Gasteiger partial charge in [-0.3, -0.25) is 4.79 Å². The normalized spacial score (nSPS) is 15.4. The van der Waals surface area contributed by atoms with Gasteiger partial charge in [0.25, 0.3) is 5.91 Å². The number of halogens is 1. The van der Waals surface area contributed by atoms with Crippen molar-refractivity contribution in [2.45, 2.75) is 39.7 Å². The van der Waals surface area contributed by atoms with E-state index in [2.05, 4.69) is 30.9 Å². The third kappa shape index (κ3) is 4.89. The highest BCUT2D eigenvalue weighted by Gasteiger charge is 2.18. The fourth-order valence-corrected chi connectivity index (χ4v) is 3.06. The summed E-state index contributed by atoms with van der Waals surface area (Å²) < 4.78 is 13.4. The SMILES string of the molecule is C/C(=N\c1c(C)ncnc1Nc1ccc(F)cc1C)C(=O)NC1CCNCC1. The maximum atomic E-state index is 13.4. The number of aromatic nitrogens is 2.